The fourth-order valence-electron chi connectivity index (χ4n) is 1.84. The Balaban J connectivity index is 2.01. The summed E-state index contributed by atoms with van der Waals surface area (Å²) in [5.41, 5.74) is 2.87. The van der Waals surface area contributed by atoms with Gasteiger partial charge in [0.05, 0.1) is 0 Å². The van der Waals surface area contributed by atoms with E-state index in [2.05, 4.69) is 45.0 Å². The van der Waals surface area contributed by atoms with Crippen molar-refractivity contribution in [3.8, 4) is 5.75 Å². The highest BCUT2D eigenvalue weighted by Crippen LogP contribution is 2.27. The van der Waals surface area contributed by atoms with E-state index in [9.17, 15) is 5.11 Å². The molecular formula is C17H20OS. The predicted molar refractivity (Wildman–Crippen MR) is 82.8 cm³/mol. The molecule has 0 aliphatic rings. The highest BCUT2D eigenvalue weighted by Gasteiger charge is 2.12. The highest BCUT2D eigenvalue weighted by molar-refractivity contribution is 7.98. The first-order valence-electron chi connectivity index (χ1n) is 6.46. The number of benzene rings is 2. The third-order valence-corrected chi connectivity index (χ3v) is 4.11. The zero-order chi connectivity index (χ0) is 13.9. The van der Waals surface area contributed by atoms with Gasteiger partial charge >= 0.3 is 0 Å². The van der Waals surface area contributed by atoms with Gasteiger partial charge in [-0.3, -0.25) is 0 Å². The molecule has 100 valence electrons. The van der Waals surface area contributed by atoms with Gasteiger partial charge in [-0.05, 0) is 34.7 Å². The molecule has 2 heteroatoms. The fraction of sp³-hybridized carbons (Fsp3) is 0.294. The van der Waals surface area contributed by atoms with E-state index < -0.39 is 0 Å². The second-order valence-corrected chi connectivity index (χ2v) is 6.78. The van der Waals surface area contributed by atoms with Crippen molar-refractivity contribution in [1.29, 1.82) is 0 Å². The zero-order valence-corrected chi connectivity index (χ0v) is 12.5. The lowest BCUT2D eigenvalue weighted by Gasteiger charge is -2.19. The van der Waals surface area contributed by atoms with Crippen molar-refractivity contribution in [3.05, 3.63) is 59.7 Å². The summed E-state index contributed by atoms with van der Waals surface area (Å²) in [7, 11) is 0. The molecule has 0 saturated carbocycles. The lowest BCUT2D eigenvalue weighted by atomic mass is 9.87. The maximum Gasteiger partial charge on any atom is 0.116 e. The first kappa shape index (κ1) is 14.0. The summed E-state index contributed by atoms with van der Waals surface area (Å²) in [4.78, 5) is 1.10. The first-order valence-corrected chi connectivity index (χ1v) is 7.45. The molecular weight excluding hydrogens is 252 g/mol. The molecule has 0 unspecified atom stereocenters. The molecule has 19 heavy (non-hydrogen) atoms. The Morgan fingerprint density at radius 3 is 2.26 bits per heavy atom. The molecule has 0 aliphatic carbocycles. The number of hydrogen-bond acceptors (Lipinski definition) is 2. The van der Waals surface area contributed by atoms with Gasteiger partial charge in [0.25, 0.3) is 0 Å². The molecule has 0 bridgehead atoms. The molecule has 0 radical (unpaired) electrons. The van der Waals surface area contributed by atoms with Gasteiger partial charge in [0.1, 0.15) is 5.75 Å². The summed E-state index contributed by atoms with van der Waals surface area (Å²) in [6.07, 6.45) is 0. The molecule has 2 rings (SSSR count). The Morgan fingerprint density at radius 2 is 1.68 bits per heavy atom. The minimum Gasteiger partial charge on any atom is -0.508 e. The standard InChI is InChI=1S/C17H20OS/c1-17(2,3)14-9-7-13(8-10-14)12-19-16-6-4-5-15(18)11-16/h4-11,18H,12H2,1-3H3. The normalized spacial score (nSPS) is 11.5. The topological polar surface area (TPSA) is 20.2 Å². The monoisotopic (exact) mass is 272 g/mol. The third kappa shape index (κ3) is 4.03. The molecule has 2 aromatic carbocycles. The van der Waals surface area contributed by atoms with E-state index in [4.69, 9.17) is 0 Å². The van der Waals surface area contributed by atoms with Crippen LogP contribution in [0.25, 0.3) is 0 Å². The van der Waals surface area contributed by atoms with Crippen LogP contribution >= 0.6 is 11.8 Å². The average Bonchev–Trinajstić information content (AvgIpc) is 2.36. The smallest absolute Gasteiger partial charge is 0.116 e. The predicted octanol–water partition coefficient (Wildman–Crippen LogP) is 4.98. The van der Waals surface area contributed by atoms with Crippen LogP contribution in [0.1, 0.15) is 31.9 Å². The molecule has 0 aromatic heterocycles. The lowest BCUT2D eigenvalue weighted by molar-refractivity contribution is 0.474. The summed E-state index contributed by atoms with van der Waals surface area (Å²) in [6.45, 7) is 6.68. The second-order valence-electron chi connectivity index (χ2n) is 5.73. The third-order valence-electron chi connectivity index (χ3n) is 3.04. The molecule has 2 aromatic rings. The number of phenolic OH excluding ortho intramolecular Hbond substituents is 1. The zero-order valence-electron chi connectivity index (χ0n) is 11.7. The van der Waals surface area contributed by atoms with Gasteiger partial charge in [0.15, 0.2) is 0 Å². The molecule has 0 saturated heterocycles. The molecule has 1 nitrogen and oxygen atoms in total. The highest BCUT2D eigenvalue weighted by atomic mass is 32.2. The summed E-state index contributed by atoms with van der Waals surface area (Å²) < 4.78 is 0. The SMILES string of the molecule is CC(C)(C)c1ccc(CSc2cccc(O)c2)cc1. The van der Waals surface area contributed by atoms with E-state index in [1.165, 1.54) is 11.1 Å². The minimum atomic E-state index is 0.205. The number of rotatable bonds is 3. The first-order chi connectivity index (χ1) is 8.95. The largest absolute Gasteiger partial charge is 0.508 e. The lowest BCUT2D eigenvalue weighted by Crippen LogP contribution is -2.10. The minimum absolute atomic E-state index is 0.205. The molecule has 0 aliphatic heterocycles. The van der Waals surface area contributed by atoms with Crippen molar-refractivity contribution in [1.82, 2.24) is 0 Å². The van der Waals surface area contributed by atoms with Crippen molar-refractivity contribution in [2.75, 3.05) is 0 Å². The van der Waals surface area contributed by atoms with Crippen LogP contribution in [-0.4, -0.2) is 5.11 Å². The van der Waals surface area contributed by atoms with Crippen molar-refractivity contribution >= 4 is 11.8 Å². The molecule has 0 heterocycles. The molecule has 1 N–H and O–H groups in total. The van der Waals surface area contributed by atoms with Gasteiger partial charge in [-0.15, -0.1) is 11.8 Å². The molecule has 0 atom stereocenters. The Kier molecular flexibility index (Phi) is 4.20. The van der Waals surface area contributed by atoms with Gasteiger partial charge in [0, 0.05) is 10.6 Å². The summed E-state index contributed by atoms with van der Waals surface area (Å²) in [6, 6.07) is 16.2. The van der Waals surface area contributed by atoms with E-state index >= 15 is 0 Å². The Labute approximate surface area is 119 Å². The van der Waals surface area contributed by atoms with Crippen molar-refractivity contribution < 1.29 is 5.11 Å². The summed E-state index contributed by atoms with van der Waals surface area (Å²) in [5.74, 6) is 1.25. The van der Waals surface area contributed by atoms with Crippen LogP contribution in [0.15, 0.2) is 53.4 Å². The van der Waals surface area contributed by atoms with E-state index in [1.54, 1.807) is 23.9 Å². The van der Waals surface area contributed by atoms with Gasteiger partial charge in [-0.1, -0.05) is 51.1 Å². The number of thioether (sulfide) groups is 1. The molecule has 0 amide bonds. The van der Waals surface area contributed by atoms with Gasteiger partial charge in [0.2, 0.25) is 0 Å². The van der Waals surface area contributed by atoms with Crippen LogP contribution in [0, 0.1) is 0 Å². The van der Waals surface area contributed by atoms with E-state index in [-0.39, 0.29) is 5.41 Å². The van der Waals surface area contributed by atoms with Crippen LogP contribution in [0.4, 0.5) is 0 Å². The van der Waals surface area contributed by atoms with Crippen molar-refractivity contribution in [2.24, 2.45) is 0 Å². The van der Waals surface area contributed by atoms with E-state index in [0.29, 0.717) is 5.75 Å². The van der Waals surface area contributed by atoms with Crippen LogP contribution in [0.3, 0.4) is 0 Å². The van der Waals surface area contributed by atoms with E-state index in [0.717, 1.165) is 10.6 Å². The van der Waals surface area contributed by atoms with Crippen LogP contribution in [-0.2, 0) is 11.2 Å². The van der Waals surface area contributed by atoms with Gasteiger partial charge < -0.3 is 5.11 Å². The maximum atomic E-state index is 9.42. The number of hydrogen-bond donors (Lipinski definition) is 1. The molecule has 0 fully saturated rings. The van der Waals surface area contributed by atoms with Gasteiger partial charge in [-0.25, -0.2) is 0 Å². The number of phenols is 1. The second kappa shape index (κ2) is 5.70. The quantitative estimate of drug-likeness (QED) is 0.795. The summed E-state index contributed by atoms with van der Waals surface area (Å²) in [5, 5.41) is 9.42. The Hall–Kier alpha value is -1.41. The van der Waals surface area contributed by atoms with Crippen LogP contribution < -0.4 is 0 Å². The van der Waals surface area contributed by atoms with Gasteiger partial charge in [-0.2, -0.15) is 0 Å². The fourth-order valence-corrected chi connectivity index (χ4v) is 2.75. The Bertz CT molecular complexity index is 538. The Morgan fingerprint density at radius 1 is 1.00 bits per heavy atom. The van der Waals surface area contributed by atoms with Crippen molar-refractivity contribution in [2.45, 2.75) is 36.8 Å². The van der Waals surface area contributed by atoms with Crippen LogP contribution in [0.2, 0.25) is 0 Å². The average molecular weight is 272 g/mol. The van der Waals surface area contributed by atoms with E-state index in [1.807, 2.05) is 12.1 Å². The van der Waals surface area contributed by atoms with Crippen molar-refractivity contribution in [3.63, 3.8) is 0 Å². The summed E-state index contributed by atoms with van der Waals surface area (Å²) >= 11 is 1.74. The van der Waals surface area contributed by atoms with Crippen LogP contribution in [0.5, 0.6) is 5.75 Å². The molecule has 0 spiro atoms. The maximum absolute atomic E-state index is 9.42. The number of aromatic hydroxyl groups is 1.